The molecule has 38 heavy (non-hydrogen) atoms. The number of rotatable bonds is 1. The van der Waals surface area contributed by atoms with Crippen LogP contribution in [0.15, 0.2) is 121 Å². The lowest BCUT2D eigenvalue weighted by atomic mass is 9.81. The summed E-state index contributed by atoms with van der Waals surface area (Å²) in [6.07, 6.45) is 0. The van der Waals surface area contributed by atoms with Gasteiger partial charge < -0.3 is 0 Å². The lowest BCUT2D eigenvalue weighted by Crippen LogP contribution is -1.95. The first-order valence-electron chi connectivity index (χ1n) is 13.4. The molecule has 0 heterocycles. The Kier molecular flexibility index (Phi) is 4.46. The highest BCUT2D eigenvalue weighted by atomic mass is 14.2. The molecule has 0 bridgehead atoms. The van der Waals surface area contributed by atoms with Crippen molar-refractivity contribution >= 4 is 64.6 Å². The lowest BCUT2D eigenvalue weighted by Gasteiger charge is -2.21. The van der Waals surface area contributed by atoms with Crippen molar-refractivity contribution in [1.82, 2.24) is 0 Å². The van der Waals surface area contributed by atoms with Crippen LogP contribution in [0.4, 0.5) is 0 Å². The van der Waals surface area contributed by atoms with Crippen LogP contribution in [-0.4, -0.2) is 0 Å². The third kappa shape index (κ3) is 2.80. The molecule has 0 N–H and O–H groups in total. The van der Waals surface area contributed by atoms with Gasteiger partial charge in [0.1, 0.15) is 0 Å². The fraction of sp³-hybridized carbons (Fsp3) is 0.0526. The van der Waals surface area contributed by atoms with Crippen LogP contribution in [0.1, 0.15) is 11.1 Å². The molecule has 0 fully saturated rings. The maximum atomic E-state index is 2.36. The molecular weight excluding hydrogens is 456 g/mol. The topological polar surface area (TPSA) is 0 Å². The fourth-order valence-electron chi connectivity index (χ4n) is 6.88. The summed E-state index contributed by atoms with van der Waals surface area (Å²) < 4.78 is 0. The molecule has 0 saturated carbocycles. The van der Waals surface area contributed by atoms with E-state index in [1.54, 1.807) is 0 Å². The van der Waals surface area contributed by atoms with Crippen molar-refractivity contribution in [1.29, 1.82) is 0 Å². The molecule has 0 heteroatoms. The molecule has 0 atom stereocenters. The van der Waals surface area contributed by atoms with Crippen LogP contribution in [0.25, 0.3) is 75.8 Å². The molecule has 0 aromatic heterocycles. The maximum absolute atomic E-state index is 2.36. The Morgan fingerprint density at radius 1 is 0.316 bits per heavy atom. The summed E-state index contributed by atoms with van der Waals surface area (Å²) in [6.45, 7) is 4.59. The Labute approximate surface area is 221 Å². The standard InChI is InChI=1S/C38H26/c1-23-19-21-33-30-16-7-6-14-28(30)29-15-8-10-18-32(29)38(33)35(23)36-24(2)26-12-5-9-17-31(26)37-27-13-4-3-11-25(27)20-22-34(36)37/h3-22H,1-2H3. The Hall–Kier alpha value is -4.68. The molecule has 8 aromatic rings. The monoisotopic (exact) mass is 482 g/mol. The average molecular weight is 483 g/mol. The molecular formula is C38H26. The van der Waals surface area contributed by atoms with E-state index in [2.05, 4.69) is 135 Å². The van der Waals surface area contributed by atoms with Crippen LogP contribution in [0.3, 0.4) is 0 Å². The van der Waals surface area contributed by atoms with Crippen LogP contribution in [0.2, 0.25) is 0 Å². The van der Waals surface area contributed by atoms with Gasteiger partial charge in [0.25, 0.3) is 0 Å². The number of benzene rings is 8. The van der Waals surface area contributed by atoms with Crippen molar-refractivity contribution in [3.63, 3.8) is 0 Å². The number of hydrogen-bond acceptors (Lipinski definition) is 0. The first-order valence-corrected chi connectivity index (χ1v) is 13.4. The van der Waals surface area contributed by atoms with E-state index >= 15 is 0 Å². The zero-order chi connectivity index (χ0) is 25.4. The molecule has 178 valence electrons. The molecule has 0 aliphatic heterocycles. The van der Waals surface area contributed by atoms with Crippen LogP contribution in [-0.2, 0) is 0 Å². The van der Waals surface area contributed by atoms with Gasteiger partial charge in [-0.25, -0.2) is 0 Å². The summed E-state index contributed by atoms with van der Waals surface area (Å²) in [5, 5.41) is 15.9. The SMILES string of the molecule is Cc1ccc2c3ccccc3c3ccccc3c2c1-c1c(C)c2ccccc2c2c1ccc1ccccc12. The van der Waals surface area contributed by atoms with Gasteiger partial charge in [0.05, 0.1) is 0 Å². The largest absolute Gasteiger partial charge is 0.0616 e. The Morgan fingerprint density at radius 3 is 1.47 bits per heavy atom. The van der Waals surface area contributed by atoms with Gasteiger partial charge in [0.15, 0.2) is 0 Å². The second-order valence-electron chi connectivity index (χ2n) is 10.5. The molecule has 0 radical (unpaired) electrons. The summed E-state index contributed by atoms with van der Waals surface area (Å²) in [5.74, 6) is 0. The van der Waals surface area contributed by atoms with Gasteiger partial charge in [-0.1, -0.05) is 121 Å². The lowest BCUT2D eigenvalue weighted by molar-refractivity contribution is 1.47. The summed E-state index contributed by atoms with van der Waals surface area (Å²) in [4.78, 5) is 0. The van der Waals surface area contributed by atoms with Crippen molar-refractivity contribution in [2.75, 3.05) is 0 Å². The Balaban J connectivity index is 1.69. The van der Waals surface area contributed by atoms with E-state index in [4.69, 9.17) is 0 Å². The maximum Gasteiger partial charge on any atom is -0.00174 e. The minimum absolute atomic E-state index is 1.28. The minimum atomic E-state index is 1.28. The number of aryl methyl sites for hydroxylation is 2. The summed E-state index contributed by atoms with van der Waals surface area (Å²) in [6, 6.07) is 44.8. The van der Waals surface area contributed by atoms with Crippen molar-refractivity contribution in [2.45, 2.75) is 13.8 Å². The van der Waals surface area contributed by atoms with Gasteiger partial charge in [-0.3, -0.25) is 0 Å². The highest BCUT2D eigenvalue weighted by Crippen LogP contribution is 2.47. The summed E-state index contributed by atoms with van der Waals surface area (Å²) >= 11 is 0. The van der Waals surface area contributed by atoms with Crippen LogP contribution < -0.4 is 0 Å². The molecule has 0 spiro atoms. The van der Waals surface area contributed by atoms with E-state index in [-0.39, 0.29) is 0 Å². The second-order valence-corrected chi connectivity index (χ2v) is 10.5. The Morgan fingerprint density at radius 2 is 0.789 bits per heavy atom. The number of fused-ring (bicyclic) bond motifs is 11. The highest BCUT2D eigenvalue weighted by molar-refractivity contribution is 6.32. The smallest absolute Gasteiger partial charge is 0.00174 e. The zero-order valence-electron chi connectivity index (χ0n) is 21.5. The second kappa shape index (κ2) is 7.91. The van der Waals surface area contributed by atoms with E-state index in [0.717, 1.165) is 0 Å². The van der Waals surface area contributed by atoms with Gasteiger partial charge in [-0.05, 0) is 101 Å². The quantitative estimate of drug-likeness (QED) is 0.204. The van der Waals surface area contributed by atoms with Crippen LogP contribution >= 0.6 is 0 Å². The predicted octanol–water partition coefficient (Wildman–Crippen LogP) is 10.9. The molecule has 0 nitrogen and oxygen atoms in total. The third-order valence-corrected chi connectivity index (χ3v) is 8.54. The highest BCUT2D eigenvalue weighted by Gasteiger charge is 2.20. The number of hydrogen-bond donors (Lipinski definition) is 0. The molecule has 0 amide bonds. The summed E-state index contributed by atoms with van der Waals surface area (Å²) in [7, 11) is 0. The molecule has 0 aliphatic carbocycles. The molecule has 0 aliphatic rings. The van der Waals surface area contributed by atoms with Gasteiger partial charge in [-0.2, -0.15) is 0 Å². The summed E-state index contributed by atoms with van der Waals surface area (Å²) in [5.41, 5.74) is 5.36. The zero-order valence-corrected chi connectivity index (χ0v) is 21.5. The van der Waals surface area contributed by atoms with Gasteiger partial charge in [0, 0.05) is 0 Å². The van der Waals surface area contributed by atoms with Gasteiger partial charge in [-0.15, -0.1) is 0 Å². The van der Waals surface area contributed by atoms with Crippen molar-refractivity contribution in [3.05, 3.63) is 132 Å². The van der Waals surface area contributed by atoms with E-state index in [1.807, 2.05) is 0 Å². The molecule has 8 aromatic carbocycles. The van der Waals surface area contributed by atoms with Crippen molar-refractivity contribution < 1.29 is 0 Å². The van der Waals surface area contributed by atoms with Crippen molar-refractivity contribution in [3.8, 4) is 11.1 Å². The normalized spacial score (nSPS) is 11.9. The van der Waals surface area contributed by atoms with E-state index in [1.165, 1.54) is 86.9 Å². The first-order chi connectivity index (χ1) is 18.7. The van der Waals surface area contributed by atoms with Crippen molar-refractivity contribution in [2.24, 2.45) is 0 Å². The minimum Gasteiger partial charge on any atom is -0.0616 e. The average Bonchev–Trinajstić information content (AvgIpc) is 2.98. The fourth-order valence-corrected chi connectivity index (χ4v) is 6.88. The van der Waals surface area contributed by atoms with E-state index < -0.39 is 0 Å². The predicted molar refractivity (Wildman–Crippen MR) is 166 cm³/mol. The molecule has 0 unspecified atom stereocenters. The Bertz CT molecular complexity index is 2210. The van der Waals surface area contributed by atoms with Gasteiger partial charge >= 0.3 is 0 Å². The third-order valence-electron chi connectivity index (χ3n) is 8.54. The van der Waals surface area contributed by atoms with Crippen LogP contribution in [0.5, 0.6) is 0 Å². The van der Waals surface area contributed by atoms with Gasteiger partial charge in [0.2, 0.25) is 0 Å². The van der Waals surface area contributed by atoms with E-state index in [9.17, 15) is 0 Å². The van der Waals surface area contributed by atoms with E-state index in [0.29, 0.717) is 0 Å². The van der Waals surface area contributed by atoms with Crippen LogP contribution in [0, 0.1) is 13.8 Å². The molecule has 0 saturated heterocycles. The first kappa shape index (κ1) is 21.4. The molecule has 8 rings (SSSR count).